The minimum atomic E-state index is 0.247. The highest BCUT2D eigenvalue weighted by Gasteiger charge is 2.19. The van der Waals surface area contributed by atoms with Gasteiger partial charge in [0.05, 0.1) is 6.61 Å². The topological polar surface area (TPSA) is 87.1 Å². The van der Waals surface area contributed by atoms with Gasteiger partial charge in [-0.3, -0.25) is 0 Å². The zero-order valence-corrected chi connectivity index (χ0v) is 13.2. The first kappa shape index (κ1) is 15.3. The number of aliphatic hydroxyl groups is 1. The summed E-state index contributed by atoms with van der Waals surface area (Å²) in [5.41, 5.74) is 2.74. The number of hydrogen-bond donors (Lipinski definition) is 2. The van der Waals surface area contributed by atoms with E-state index in [2.05, 4.69) is 30.4 Å². The van der Waals surface area contributed by atoms with E-state index >= 15 is 0 Å². The molecular formula is C14H20N6OS. The van der Waals surface area contributed by atoms with Gasteiger partial charge < -0.3 is 15.3 Å². The van der Waals surface area contributed by atoms with Gasteiger partial charge in [-0.1, -0.05) is 11.3 Å². The molecule has 0 aliphatic carbocycles. The quantitative estimate of drug-likeness (QED) is 0.830. The molecule has 1 saturated heterocycles. The summed E-state index contributed by atoms with van der Waals surface area (Å²) in [6, 6.07) is 1.99. The van der Waals surface area contributed by atoms with Gasteiger partial charge in [0.1, 0.15) is 17.7 Å². The van der Waals surface area contributed by atoms with Gasteiger partial charge in [0.2, 0.25) is 5.13 Å². The first-order chi connectivity index (χ1) is 10.8. The highest BCUT2D eigenvalue weighted by Crippen LogP contribution is 2.22. The van der Waals surface area contributed by atoms with Crippen LogP contribution in [0.3, 0.4) is 0 Å². The van der Waals surface area contributed by atoms with E-state index in [0.29, 0.717) is 5.92 Å². The van der Waals surface area contributed by atoms with Gasteiger partial charge in [-0.15, -0.1) is 10.2 Å². The minimum Gasteiger partial charge on any atom is -0.395 e. The summed E-state index contributed by atoms with van der Waals surface area (Å²) < 4.78 is 0. The molecule has 2 aromatic heterocycles. The monoisotopic (exact) mass is 320 g/mol. The van der Waals surface area contributed by atoms with Gasteiger partial charge in [0.25, 0.3) is 0 Å². The van der Waals surface area contributed by atoms with Crippen molar-refractivity contribution in [2.24, 2.45) is 5.92 Å². The molecule has 2 aromatic rings. The summed E-state index contributed by atoms with van der Waals surface area (Å²) >= 11 is 1.44. The van der Waals surface area contributed by atoms with Crippen molar-refractivity contribution < 1.29 is 5.11 Å². The zero-order chi connectivity index (χ0) is 15.2. The molecule has 0 amide bonds. The van der Waals surface area contributed by atoms with Crippen molar-refractivity contribution in [3.8, 4) is 0 Å². The van der Waals surface area contributed by atoms with Gasteiger partial charge in [0.15, 0.2) is 0 Å². The predicted molar refractivity (Wildman–Crippen MR) is 85.2 cm³/mol. The standard InChI is InChI=1S/C14H20N6OS/c21-6-5-20-3-1-11(2-4-20)7-12-8-13(16-9-15-12)18-14-19-17-10-22-14/h8-11,21H,1-7H2,(H,15,16,18,19). The Balaban J connectivity index is 1.54. The van der Waals surface area contributed by atoms with Crippen LogP contribution in [-0.4, -0.2) is 56.4 Å². The lowest BCUT2D eigenvalue weighted by atomic mass is 9.92. The second-order valence-corrected chi connectivity index (χ2v) is 6.31. The summed E-state index contributed by atoms with van der Waals surface area (Å²) in [7, 11) is 0. The lowest BCUT2D eigenvalue weighted by Crippen LogP contribution is -2.36. The second-order valence-electron chi connectivity index (χ2n) is 5.48. The number of nitrogens with one attached hydrogen (secondary N) is 1. The number of aromatic nitrogens is 4. The Morgan fingerprint density at radius 3 is 2.91 bits per heavy atom. The van der Waals surface area contributed by atoms with Crippen molar-refractivity contribution in [2.45, 2.75) is 19.3 Å². The first-order valence-corrected chi connectivity index (χ1v) is 8.39. The molecule has 1 aliphatic rings. The molecule has 118 valence electrons. The van der Waals surface area contributed by atoms with Crippen LogP contribution in [0.15, 0.2) is 17.9 Å². The minimum absolute atomic E-state index is 0.247. The van der Waals surface area contributed by atoms with E-state index in [0.717, 1.165) is 55.5 Å². The zero-order valence-electron chi connectivity index (χ0n) is 12.4. The Hall–Kier alpha value is -1.64. The highest BCUT2D eigenvalue weighted by atomic mass is 32.1. The van der Waals surface area contributed by atoms with Crippen LogP contribution < -0.4 is 5.32 Å². The van der Waals surface area contributed by atoms with E-state index in [1.54, 1.807) is 11.8 Å². The van der Waals surface area contributed by atoms with Gasteiger partial charge in [-0.25, -0.2) is 9.97 Å². The lowest BCUT2D eigenvalue weighted by molar-refractivity contribution is 0.147. The maximum absolute atomic E-state index is 8.98. The Morgan fingerprint density at radius 1 is 1.32 bits per heavy atom. The molecule has 0 atom stereocenters. The van der Waals surface area contributed by atoms with Crippen LogP contribution in [0.4, 0.5) is 10.9 Å². The molecular weight excluding hydrogens is 300 g/mol. The molecule has 0 saturated carbocycles. The summed E-state index contributed by atoms with van der Waals surface area (Å²) in [4.78, 5) is 10.9. The normalized spacial score (nSPS) is 16.8. The van der Waals surface area contributed by atoms with E-state index in [4.69, 9.17) is 5.11 Å². The van der Waals surface area contributed by atoms with Crippen molar-refractivity contribution in [1.29, 1.82) is 0 Å². The Labute approximate surface area is 133 Å². The molecule has 3 heterocycles. The Bertz CT molecular complexity index is 570. The maximum atomic E-state index is 8.98. The van der Waals surface area contributed by atoms with Crippen molar-refractivity contribution in [3.63, 3.8) is 0 Å². The SMILES string of the molecule is OCCN1CCC(Cc2cc(Nc3nncs3)ncn2)CC1. The number of likely N-dealkylation sites (tertiary alicyclic amines) is 1. The summed E-state index contributed by atoms with van der Waals surface area (Å²) in [5.74, 6) is 1.42. The third kappa shape index (κ3) is 4.19. The fourth-order valence-corrected chi connectivity index (χ4v) is 3.22. The number of rotatable bonds is 6. The van der Waals surface area contributed by atoms with E-state index in [1.165, 1.54) is 11.3 Å². The number of piperidine rings is 1. The Morgan fingerprint density at radius 2 is 2.18 bits per heavy atom. The maximum Gasteiger partial charge on any atom is 0.210 e. The van der Waals surface area contributed by atoms with Gasteiger partial charge in [-0.2, -0.15) is 0 Å². The molecule has 8 heteroatoms. The Kier molecular flexibility index (Phi) is 5.25. The van der Waals surface area contributed by atoms with E-state index in [-0.39, 0.29) is 6.61 Å². The number of β-amino-alcohol motifs (C(OH)–C–C–N with tert-alkyl or cyclic N) is 1. The first-order valence-electron chi connectivity index (χ1n) is 7.51. The van der Waals surface area contributed by atoms with E-state index in [1.807, 2.05) is 6.07 Å². The molecule has 1 fully saturated rings. The number of aliphatic hydroxyl groups excluding tert-OH is 1. The molecule has 7 nitrogen and oxygen atoms in total. The molecule has 1 aliphatic heterocycles. The third-order valence-electron chi connectivity index (χ3n) is 3.94. The fourth-order valence-electron chi connectivity index (χ4n) is 2.77. The van der Waals surface area contributed by atoms with Crippen molar-refractivity contribution in [3.05, 3.63) is 23.6 Å². The average Bonchev–Trinajstić information content (AvgIpc) is 3.03. The van der Waals surface area contributed by atoms with Crippen LogP contribution >= 0.6 is 11.3 Å². The van der Waals surface area contributed by atoms with Crippen LogP contribution in [0, 0.1) is 5.92 Å². The summed E-state index contributed by atoms with van der Waals surface area (Å²) in [6.45, 7) is 3.16. The second kappa shape index (κ2) is 7.57. The van der Waals surface area contributed by atoms with Crippen LogP contribution in [-0.2, 0) is 6.42 Å². The summed E-state index contributed by atoms with van der Waals surface area (Å²) in [6.07, 6.45) is 4.88. The smallest absolute Gasteiger partial charge is 0.210 e. The molecule has 0 aromatic carbocycles. The van der Waals surface area contributed by atoms with E-state index in [9.17, 15) is 0 Å². The predicted octanol–water partition coefficient (Wildman–Crippen LogP) is 1.32. The van der Waals surface area contributed by atoms with Gasteiger partial charge >= 0.3 is 0 Å². The van der Waals surface area contributed by atoms with Crippen LogP contribution in [0.25, 0.3) is 0 Å². The van der Waals surface area contributed by atoms with Crippen molar-refractivity contribution in [2.75, 3.05) is 31.6 Å². The number of anilines is 2. The van der Waals surface area contributed by atoms with Crippen molar-refractivity contribution >= 4 is 22.3 Å². The molecule has 0 unspecified atom stereocenters. The molecule has 0 radical (unpaired) electrons. The largest absolute Gasteiger partial charge is 0.395 e. The molecule has 22 heavy (non-hydrogen) atoms. The molecule has 0 spiro atoms. The molecule has 0 bridgehead atoms. The average molecular weight is 320 g/mol. The lowest BCUT2D eigenvalue weighted by Gasteiger charge is -2.31. The number of nitrogens with zero attached hydrogens (tertiary/aromatic N) is 5. The fraction of sp³-hybridized carbons (Fsp3) is 0.571. The van der Waals surface area contributed by atoms with Crippen LogP contribution in [0.2, 0.25) is 0 Å². The molecule has 2 N–H and O–H groups in total. The third-order valence-corrected chi connectivity index (χ3v) is 4.55. The number of hydrogen-bond acceptors (Lipinski definition) is 8. The van der Waals surface area contributed by atoms with Gasteiger partial charge in [0, 0.05) is 18.3 Å². The van der Waals surface area contributed by atoms with E-state index < -0.39 is 0 Å². The van der Waals surface area contributed by atoms with Crippen LogP contribution in [0.5, 0.6) is 0 Å². The molecule has 3 rings (SSSR count). The van der Waals surface area contributed by atoms with Crippen LogP contribution in [0.1, 0.15) is 18.5 Å². The van der Waals surface area contributed by atoms with Gasteiger partial charge in [-0.05, 0) is 38.3 Å². The highest BCUT2D eigenvalue weighted by molar-refractivity contribution is 7.13. The van der Waals surface area contributed by atoms with Crippen molar-refractivity contribution in [1.82, 2.24) is 25.1 Å². The summed E-state index contributed by atoms with van der Waals surface area (Å²) in [5, 5.41) is 20.6.